The van der Waals surface area contributed by atoms with Gasteiger partial charge in [0.05, 0.1) is 22.9 Å². The Morgan fingerprint density at radius 2 is 1.74 bits per heavy atom. The highest BCUT2D eigenvalue weighted by atomic mass is 32.2. The van der Waals surface area contributed by atoms with Crippen LogP contribution in [0.3, 0.4) is 0 Å². The molecule has 2 aromatic carbocycles. The number of nitrogens with one attached hydrogen (secondary N) is 1. The van der Waals surface area contributed by atoms with Crippen molar-refractivity contribution in [1.82, 2.24) is 4.57 Å². The van der Waals surface area contributed by atoms with Crippen LogP contribution in [-0.4, -0.2) is 25.8 Å². The van der Waals surface area contributed by atoms with Crippen LogP contribution >= 0.6 is 0 Å². The molecule has 0 fully saturated rings. The van der Waals surface area contributed by atoms with Gasteiger partial charge in [-0.2, -0.15) is 0 Å². The fraction of sp³-hybridized carbons (Fsp3) is 0.150. The van der Waals surface area contributed by atoms with Gasteiger partial charge in [0.1, 0.15) is 5.75 Å². The average molecular weight is 383 g/mol. The van der Waals surface area contributed by atoms with Crippen LogP contribution in [0.25, 0.3) is 16.9 Å². The molecule has 0 atom stereocenters. The Bertz CT molecular complexity index is 1070. The summed E-state index contributed by atoms with van der Waals surface area (Å²) < 4.78 is 30.4. The molecular weight excluding hydrogens is 362 g/mol. The highest BCUT2D eigenvalue weighted by Gasteiger charge is 2.15. The molecule has 0 saturated heterocycles. The highest BCUT2D eigenvalue weighted by molar-refractivity contribution is 7.89. The van der Waals surface area contributed by atoms with Crippen LogP contribution in [-0.2, 0) is 10.0 Å². The normalized spacial score (nSPS) is 11.4. The van der Waals surface area contributed by atoms with E-state index in [1.165, 1.54) is 18.3 Å². The molecule has 7 heteroatoms. The van der Waals surface area contributed by atoms with Gasteiger partial charge in [0.15, 0.2) is 0 Å². The van der Waals surface area contributed by atoms with Crippen LogP contribution in [0.2, 0.25) is 0 Å². The molecule has 0 amide bonds. The van der Waals surface area contributed by atoms with E-state index in [4.69, 9.17) is 15.3 Å². The first-order valence-corrected chi connectivity index (χ1v) is 9.99. The lowest BCUT2D eigenvalue weighted by atomic mass is 10.1. The van der Waals surface area contributed by atoms with Crippen molar-refractivity contribution in [3.05, 3.63) is 65.9 Å². The summed E-state index contributed by atoms with van der Waals surface area (Å²) in [7, 11) is -3.75. The first kappa shape index (κ1) is 18.9. The smallest absolute Gasteiger partial charge is 0.238 e. The summed E-state index contributed by atoms with van der Waals surface area (Å²) in [4.78, 5) is 0.0501. The van der Waals surface area contributed by atoms with Gasteiger partial charge in [-0.05, 0) is 79.6 Å². The van der Waals surface area contributed by atoms with E-state index >= 15 is 0 Å². The molecular formula is C20H21N3O3S. The summed E-state index contributed by atoms with van der Waals surface area (Å²) >= 11 is 0. The molecule has 1 heterocycles. The van der Waals surface area contributed by atoms with E-state index in [1.807, 2.05) is 48.7 Å². The quantitative estimate of drug-likeness (QED) is 0.637. The molecule has 0 radical (unpaired) electrons. The lowest BCUT2D eigenvalue weighted by Crippen LogP contribution is -2.12. The molecule has 3 aromatic rings. The number of sulfonamides is 1. The summed E-state index contributed by atoms with van der Waals surface area (Å²) in [5.74, 6) is 0.792. The van der Waals surface area contributed by atoms with Gasteiger partial charge in [0.25, 0.3) is 0 Å². The molecule has 0 unspecified atom stereocenters. The van der Waals surface area contributed by atoms with Crippen LogP contribution in [0.4, 0.5) is 0 Å². The van der Waals surface area contributed by atoms with Crippen molar-refractivity contribution < 1.29 is 13.2 Å². The summed E-state index contributed by atoms with van der Waals surface area (Å²) in [6, 6.07) is 16.0. The minimum atomic E-state index is -3.75. The van der Waals surface area contributed by atoms with Crippen molar-refractivity contribution in [3.63, 3.8) is 0 Å². The maximum Gasteiger partial charge on any atom is 0.238 e. The number of hydrogen-bond donors (Lipinski definition) is 2. The van der Waals surface area contributed by atoms with Gasteiger partial charge in [-0.25, -0.2) is 13.6 Å². The van der Waals surface area contributed by atoms with Gasteiger partial charge < -0.3 is 14.7 Å². The van der Waals surface area contributed by atoms with Gasteiger partial charge in [0, 0.05) is 11.9 Å². The number of hydrogen-bond acceptors (Lipinski definition) is 4. The minimum Gasteiger partial charge on any atom is -0.494 e. The predicted molar refractivity (Wildman–Crippen MR) is 106 cm³/mol. The highest BCUT2D eigenvalue weighted by Crippen LogP contribution is 2.30. The maximum absolute atomic E-state index is 11.5. The molecule has 0 spiro atoms. The van der Waals surface area contributed by atoms with Gasteiger partial charge in [0.2, 0.25) is 10.0 Å². The monoisotopic (exact) mass is 383 g/mol. The van der Waals surface area contributed by atoms with Crippen molar-refractivity contribution in [2.75, 3.05) is 6.61 Å². The summed E-state index contributed by atoms with van der Waals surface area (Å²) in [6.07, 6.45) is 1.29. The van der Waals surface area contributed by atoms with E-state index in [2.05, 4.69) is 0 Å². The maximum atomic E-state index is 11.5. The number of aromatic nitrogens is 1. The SMILES string of the molecule is CCOc1ccc(-c2cc(C)c(C=N)n2-c2ccc(S(N)(=O)=O)cc2)cc1. The third-order valence-corrected chi connectivity index (χ3v) is 5.19. The van der Waals surface area contributed by atoms with Crippen molar-refractivity contribution in [3.8, 4) is 22.7 Å². The van der Waals surface area contributed by atoms with Crippen LogP contribution in [0.5, 0.6) is 5.75 Å². The number of rotatable bonds is 6. The summed E-state index contributed by atoms with van der Waals surface area (Å²) in [6.45, 7) is 4.47. The zero-order chi connectivity index (χ0) is 19.6. The molecule has 140 valence electrons. The molecule has 0 aliphatic heterocycles. The zero-order valence-electron chi connectivity index (χ0n) is 15.1. The number of aryl methyl sites for hydroxylation is 1. The zero-order valence-corrected chi connectivity index (χ0v) is 16.0. The Morgan fingerprint density at radius 3 is 2.26 bits per heavy atom. The van der Waals surface area contributed by atoms with E-state index in [0.29, 0.717) is 6.61 Å². The van der Waals surface area contributed by atoms with Gasteiger partial charge in [-0.1, -0.05) is 0 Å². The second-order valence-electron chi connectivity index (χ2n) is 6.07. The lowest BCUT2D eigenvalue weighted by Gasteiger charge is -2.13. The van der Waals surface area contributed by atoms with E-state index in [0.717, 1.165) is 34.0 Å². The minimum absolute atomic E-state index is 0.0501. The molecule has 0 bridgehead atoms. The van der Waals surface area contributed by atoms with Gasteiger partial charge in [-0.15, -0.1) is 0 Å². The molecule has 3 N–H and O–H groups in total. The molecule has 6 nitrogen and oxygen atoms in total. The number of ether oxygens (including phenoxy) is 1. The Kier molecular flexibility index (Phi) is 5.16. The Hall–Kier alpha value is -2.90. The van der Waals surface area contributed by atoms with E-state index in [9.17, 15) is 8.42 Å². The number of nitrogens with two attached hydrogens (primary N) is 1. The van der Waals surface area contributed by atoms with E-state index < -0.39 is 10.0 Å². The van der Waals surface area contributed by atoms with Gasteiger partial charge >= 0.3 is 0 Å². The van der Waals surface area contributed by atoms with Crippen molar-refractivity contribution in [2.45, 2.75) is 18.7 Å². The van der Waals surface area contributed by atoms with Crippen LogP contribution in [0.1, 0.15) is 18.2 Å². The lowest BCUT2D eigenvalue weighted by molar-refractivity contribution is 0.340. The largest absolute Gasteiger partial charge is 0.494 e. The number of nitrogens with zero attached hydrogens (tertiary/aromatic N) is 1. The fourth-order valence-corrected chi connectivity index (χ4v) is 3.51. The number of primary sulfonamides is 1. The van der Waals surface area contributed by atoms with Crippen molar-refractivity contribution >= 4 is 16.2 Å². The van der Waals surface area contributed by atoms with Crippen molar-refractivity contribution in [1.29, 1.82) is 5.41 Å². The summed E-state index contributed by atoms with van der Waals surface area (Å²) in [5.41, 5.74) is 4.28. The summed E-state index contributed by atoms with van der Waals surface area (Å²) in [5, 5.41) is 13.0. The Balaban J connectivity index is 2.13. The molecule has 0 aliphatic carbocycles. The van der Waals surface area contributed by atoms with E-state index in [1.54, 1.807) is 12.1 Å². The van der Waals surface area contributed by atoms with Crippen LogP contribution < -0.4 is 9.88 Å². The average Bonchev–Trinajstić information content (AvgIpc) is 2.98. The Labute approximate surface area is 158 Å². The third-order valence-electron chi connectivity index (χ3n) is 4.26. The standard InChI is InChI=1S/C20H21N3O3S/c1-3-26-17-8-4-15(5-9-17)19-12-14(2)20(13-21)23(19)16-6-10-18(11-7-16)27(22,24)25/h4-13,21H,3H2,1-2H3,(H2,22,24,25). The third kappa shape index (κ3) is 3.79. The molecule has 27 heavy (non-hydrogen) atoms. The number of benzene rings is 2. The predicted octanol–water partition coefficient (Wildman–Crippen LogP) is 3.50. The molecule has 3 rings (SSSR count). The molecule has 0 aliphatic rings. The second kappa shape index (κ2) is 7.38. The first-order chi connectivity index (χ1) is 12.8. The van der Waals surface area contributed by atoms with Gasteiger partial charge in [-0.3, -0.25) is 0 Å². The van der Waals surface area contributed by atoms with Crippen molar-refractivity contribution in [2.24, 2.45) is 5.14 Å². The molecule has 0 saturated carbocycles. The van der Waals surface area contributed by atoms with Crippen LogP contribution in [0.15, 0.2) is 59.5 Å². The van der Waals surface area contributed by atoms with E-state index in [-0.39, 0.29) is 4.90 Å². The Morgan fingerprint density at radius 1 is 1.11 bits per heavy atom. The van der Waals surface area contributed by atoms with Crippen LogP contribution in [0, 0.1) is 12.3 Å². The second-order valence-corrected chi connectivity index (χ2v) is 7.64. The molecule has 1 aromatic heterocycles. The first-order valence-electron chi connectivity index (χ1n) is 8.44. The topological polar surface area (TPSA) is 98.2 Å². The fourth-order valence-electron chi connectivity index (χ4n) is 2.99.